The largest absolute Gasteiger partial charge is 0.494 e. The van der Waals surface area contributed by atoms with Crippen molar-refractivity contribution in [3.8, 4) is 16.9 Å². The predicted octanol–water partition coefficient (Wildman–Crippen LogP) is 9.31. The highest BCUT2D eigenvalue weighted by Gasteiger charge is 2.32. The van der Waals surface area contributed by atoms with Gasteiger partial charge in [0.05, 0.1) is 22.8 Å². The molecule has 274 valence electrons. The quantitative estimate of drug-likeness (QED) is 0.131. The van der Waals surface area contributed by atoms with Gasteiger partial charge < -0.3 is 19.1 Å². The third-order valence-corrected chi connectivity index (χ3v) is 11.4. The first-order chi connectivity index (χ1) is 25.5. The van der Waals surface area contributed by atoms with E-state index in [4.69, 9.17) is 33.0 Å². The predicted molar refractivity (Wildman–Crippen MR) is 216 cm³/mol. The summed E-state index contributed by atoms with van der Waals surface area (Å²) >= 11 is 13.6. The molecule has 4 heterocycles. The normalized spacial score (nSPS) is 13.3. The highest BCUT2D eigenvalue weighted by Crippen LogP contribution is 2.43. The molecule has 10 heteroatoms. The Hall–Kier alpha value is -4.79. The molecule has 0 bridgehead atoms. The van der Waals surface area contributed by atoms with Gasteiger partial charge in [0.25, 0.3) is 5.91 Å². The molecule has 0 saturated carbocycles. The molecule has 7 rings (SSSR count). The first kappa shape index (κ1) is 36.6. The van der Waals surface area contributed by atoms with E-state index < -0.39 is 0 Å². The molecular formula is C43H46Cl2N6O2. The number of rotatable bonds is 10. The number of aromatic nitrogens is 4. The number of piperazine rings is 1. The van der Waals surface area contributed by atoms with Crippen molar-refractivity contribution in [3.05, 3.63) is 128 Å². The van der Waals surface area contributed by atoms with Crippen molar-refractivity contribution >= 4 is 45.7 Å². The summed E-state index contributed by atoms with van der Waals surface area (Å²) in [5, 5.41) is 7.15. The Morgan fingerprint density at radius 1 is 0.887 bits per heavy atom. The lowest BCUT2D eigenvalue weighted by atomic mass is 9.98. The van der Waals surface area contributed by atoms with E-state index in [2.05, 4.69) is 64.7 Å². The van der Waals surface area contributed by atoms with Crippen LogP contribution in [0.3, 0.4) is 0 Å². The Morgan fingerprint density at radius 2 is 1.60 bits per heavy atom. The van der Waals surface area contributed by atoms with Gasteiger partial charge in [-0.2, -0.15) is 5.10 Å². The second-order valence-corrected chi connectivity index (χ2v) is 15.0. The summed E-state index contributed by atoms with van der Waals surface area (Å²) in [4.78, 5) is 23.9. The third kappa shape index (κ3) is 7.27. The summed E-state index contributed by atoms with van der Waals surface area (Å²) in [6, 6.07) is 20.6. The topological polar surface area (TPSA) is 68.4 Å². The molecule has 0 radical (unpaired) electrons. The lowest BCUT2D eigenvalue weighted by Crippen LogP contribution is -2.49. The maximum Gasteiger partial charge on any atom is 0.270 e. The van der Waals surface area contributed by atoms with Crippen molar-refractivity contribution in [2.24, 2.45) is 7.05 Å². The highest BCUT2D eigenvalue weighted by molar-refractivity contribution is 6.35. The van der Waals surface area contributed by atoms with Crippen molar-refractivity contribution < 1.29 is 9.53 Å². The van der Waals surface area contributed by atoms with Gasteiger partial charge >= 0.3 is 0 Å². The molecule has 6 aromatic rings. The average Bonchev–Trinajstić information content (AvgIpc) is 3.59. The molecule has 0 spiro atoms. The van der Waals surface area contributed by atoms with Gasteiger partial charge in [0.15, 0.2) is 0 Å². The average molecular weight is 750 g/mol. The number of aryl methyl sites for hydroxylation is 6. The second-order valence-electron chi connectivity index (χ2n) is 14.2. The minimum Gasteiger partial charge on any atom is -0.494 e. The summed E-state index contributed by atoms with van der Waals surface area (Å²) in [6.45, 7) is 13.9. The molecule has 3 aromatic heterocycles. The number of carbonyl (C=O) groups is 1. The van der Waals surface area contributed by atoms with Crippen LogP contribution < -0.4 is 9.64 Å². The van der Waals surface area contributed by atoms with Gasteiger partial charge in [0.1, 0.15) is 11.4 Å². The minimum atomic E-state index is 0.0234. The Labute approximate surface area is 321 Å². The molecule has 1 fully saturated rings. The molecule has 1 saturated heterocycles. The fourth-order valence-corrected chi connectivity index (χ4v) is 8.05. The van der Waals surface area contributed by atoms with E-state index in [-0.39, 0.29) is 5.91 Å². The van der Waals surface area contributed by atoms with Crippen LogP contribution in [0.15, 0.2) is 73.1 Å². The molecule has 0 atom stereocenters. The zero-order valence-corrected chi connectivity index (χ0v) is 32.9. The van der Waals surface area contributed by atoms with Crippen molar-refractivity contribution in [2.75, 3.05) is 37.7 Å². The number of amides is 1. The van der Waals surface area contributed by atoms with Gasteiger partial charge in [-0.05, 0) is 106 Å². The Bertz CT molecular complexity index is 2260. The van der Waals surface area contributed by atoms with E-state index in [1.54, 1.807) is 6.20 Å². The van der Waals surface area contributed by atoms with Crippen molar-refractivity contribution in [2.45, 2.75) is 54.0 Å². The number of anilines is 1. The minimum absolute atomic E-state index is 0.0234. The Morgan fingerprint density at radius 3 is 2.25 bits per heavy atom. The number of hydrogen-bond acceptors (Lipinski definition) is 5. The zero-order chi connectivity index (χ0) is 37.4. The number of carbonyl (C=O) groups excluding carboxylic acids is 1. The number of hydrogen-bond donors (Lipinski definition) is 0. The van der Waals surface area contributed by atoms with Crippen LogP contribution in [0.4, 0.5) is 5.69 Å². The molecular weight excluding hydrogens is 703 g/mol. The van der Waals surface area contributed by atoms with Crippen LogP contribution in [-0.4, -0.2) is 62.9 Å². The fraction of sp³-hybridized carbons (Fsp3) is 0.326. The van der Waals surface area contributed by atoms with Crippen LogP contribution in [0.1, 0.15) is 56.1 Å². The molecule has 0 aliphatic carbocycles. The maximum atomic E-state index is 15.1. The van der Waals surface area contributed by atoms with Crippen LogP contribution >= 0.6 is 23.2 Å². The second kappa shape index (κ2) is 15.3. The summed E-state index contributed by atoms with van der Waals surface area (Å²) in [5.74, 6) is 0.818. The summed E-state index contributed by atoms with van der Waals surface area (Å²) in [6.07, 6.45) is 4.99. The third-order valence-electron chi connectivity index (χ3n) is 10.5. The molecule has 0 unspecified atom stereocenters. The number of benzene rings is 3. The van der Waals surface area contributed by atoms with Crippen molar-refractivity contribution in [1.82, 2.24) is 24.2 Å². The zero-order valence-electron chi connectivity index (χ0n) is 31.3. The first-order valence-electron chi connectivity index (χ1n) is 18.2. The molecule has 8 nitrogen and oxygen atoms in total. The lowest BCUT2D eigenvalue weighted by molar-refractivity contribution is 0.0735. The molecule has 1 amide bonds. The van der Waals surface area contributed by atoms with E-state index in [9.17, 15) is 0 Å². The van der Waals surface area contributed by atoms with Gasteiger partial charge in [-0.3, -0.25) is 14.5 Å². The van der Waals surface area contributed by atoms with E-state index in [1.807, 2.05) is 67.9 Å². The smallest absolute Gasteiger partial charge is 0.270 e. The van der Waals surface area contributed by atoms with Gasteiger partial charge in [-0.25, -0.2) is 0 Å². The molecule has 53 heavy (non-hydrogen) atoms. The van der Waals surface area contributed by atoms with Crippen LogP contribution in [0, 0.1) is 34.6 Å². The molecule has 0 N–H and O–H groups in total. The monoisotopic (exact) mass is 748 g/mol. The van der Waals surface area contributed by atoms with Gasteiger partial charge in [0.2, 0.25) is 0 Å². The van der Waals surface area contributed by atoms with Gasteiger partial charge in [-0.15, -0.1) is 0 Å². The van der Waals surface area contributed by atoms with Crippen LogP contribution in [0.5, 0.6) is 5.75 Å². The molecule has 3 aromatic carbocycles. The van der Waals surface area contributed by atoms with E-state index in [0.29, 0.717) is 49.8 Å². The number of ether oxygens (including phenoxy) is 1. The summed E-state index contributed by atoms with van der Waals surface area (Å²) in [5.41, 5.74) is 11.8. The van der Waals surface area contributed by atoms with Crippen LogP contribution in [0.25, 0.3) is 22.0 Å². The number of nitrogens with zero attached hydrogens (tertiary/aromatic N) is 6. The standard InChI is InChI=1S/C43H46Cl2N6O2/c1-27-11-13-33(14-12-27)49-18-20-50(21-19-49)43(52)42-35(10-8-22-53-34-23-28(2)40(45)29(3)24-34)36-15-16-37(44)39(38-30(4)47-48(6)31(38)5)41(36)51(42)26-32-9-7-17-46-25-32/h7,9,11-17,23-25H,8,10,18-22,26H2,1-6H3. The van der Waals surface area contributed by atoms with E-state index in [1.165, 1.54) is 11.3 Å². The summed E-state index contributed by atoms with van der Waals surface area (Å²) < 4.78 is 10.4. The summed E-state index contributed by atoms with van der Waals surface area (Å²) in [7, 11) is 1.95. The lowest BCUT2D eigenvalue weighted by Gasteiger charge is -2.36. The first-order valence-corrected chi connectivity index (χ1v) is 19.0. The molecule has 1 aliphatic rings. The van der Waals surface area contributed by atoms with Gasteiger partial charge in [-0.1, -0.05) is 53.0 Å². The fourth-order valence-electron chi connectivity index (χ4n) is 7.70. The highest BCUT2D eigenvalue weighted by atomic mass is 35.5. The van der Waals surface area contributed by atoms with E-state index in [0.717, 1.165) is 79.5 Å². The van der Waals surface area contributed by atoms with Gasteiger partial charge in [0, 0.05) is 85.1 Å². The van der Waals surface area contributed by atoms with Crippen LogP contribution in [-0.2, 0) is 20.0 Å². The SMILES string of the molecule is Cc1ccc(N2CCN(C(=O)c3c(CCCOc4cc(C)c(Cl)c(C)c4)c4ccc(Cl)c(-c5c(C)nn(C)c5C)c4n3Cc3cccnc3)CC2)cc1. The number of fused-ring (bicyclic) bond motifs is 1. The molecule has 1 aliphatic heterocycles. The maximum absolute atomic E-state index is 15.1. The van der Waals surface area contributed by atoms with Crippen molar-refractivity contribution in [1.29, 1.82) is 0 Å². The number of pyridine rings is 1. The van der Waals surface area contributed by atoms with E-state index >= 15 is 4.79 Å². The Kier molecular flexibility index (Phi) is 10.5. The number of halogens is 2. The van der Waals surface area contributed by atoms with Crippen molar-refractivity contribution in [3.63, 3.8) is 0 Å². The van der Waals surface area contributed by atoms with Crippen LogP contribution in [0.2, 0.25) is 10.0 Å². The Balaban J connectivity index is 1.33.